The summed E-state index contributed by atoms with van der Waals surface area (Å²) < 4.78 is 2.01. The number of β-amino-alcohol motifs (C(OH)–C–C–N with tert-alkyl or cyclic N) is 1. The van der Waals surface area contributed by atoms with Gasteiger partial charge in [-0.25, -0.2) is 4.98 Å². The van der Waals surface area contributed by atoms with Gasteiger partial charge in [-0.2, -0.15) is 0 Å². The van der Waals surface area contributed by atoms with Gasteiger partial charge in [0.1, 0.15) is 11.9 Å². The van der Waals surface area contributed by atoms with E-state index in [9.17, 15) is 15.0 Å². The van der Waals surface area contributed by atoms with E-state index in [4.69, 9.17) is 0 Å². The van der Waals surface area contributed by atoms with Crippen LogP contribution in [0.1, 0.15) is 30.3 Å². The lowest BCUT2D eigenvalue weighted by Crippen LogP contribution is -2.38. The minimum Gasteiger partial charge on any atom is -0.480 e. The van der Waals surface area contributed by atoms with E-state index in [1.165, 1.54) is 0 Å². The summed E-state index contributed by atoms with van der Waals surface area (Å²) in [5.74, 6) is 0.118. The number of fused-ring (bicyclic) bond motifs is 1. The van der Waals surface area contributed by atoms with Gasteiger partial charge in [0.2, 0.25) is 0 Å². The van der Waals surface area contributed by atoms with Gasteiger partial charge in [0, 0.05) is 13.6 Å². The molecule has 1 aromatic carbocycles. The predicted molar refractivity (Wildman–Crippen MR) is 82.6 cm³/mol. The van der Waals surface area contributed by atoms with Crippen LogP contribution in [-0.4, -0.2) is 49.8 Å². The highest BCUT2D eigenvalue weighted by Crippen LogP contribution is 2.24. The van der Waals surface area contributed by atoms with Gasteiger partial charge < -0.3 is 14.8 Å². The van der Waals surface area contributed by atoms with Crippen LogP contribution in [0.2, 0.25) is 0 Å². The van der Waals surface area contributed by atoms with Crippen molar-refractivity contribution in [2.75, 3.05) is 13.1 Å². The second-order valence-electron chi connectivity index (χ2n) is 5.97. The molecule has 1 fully saturated rings. The monoisotopic (exact) mass is 303 g/mol. The van der Waals surface area contributed by atoms with Crippen LogP contribution in [0.4, 0.5) is 0 Å². The summed E-state index contributed by atoms with van der Waals surface area (Å²) >= 11 is 0. The maximum Gasteiger partial charge on any atom is 0.320 e. The Labute approximate surface area is 129 Å². The lowest BCUT2D eigenvalue weighted by molar-refractivity contribution is -0.142. The Balaban J connectivity index is 1.80. The first-order valence-corrected chi connectivity index (χ1v) is 7.55. The van der Waals surface area contributed by atoms with Crippen molar-refractivity contribution in [1.29, 1.82) is 0 Å². The largest absolute Gasteiger partial charge is 0.480 e. The molecule has 0 bridgehead atoms. The van der Waals surface area contributed by atoms with E-state index in [0.717, 1.165) is 35.4 Å². The van der Waals surface area contributed by atoms with Gasteiger partial charge in [-0.15, -0.1) is 0 Å². The van der Waals surface area contributed by atoms with Gasteiger partial charge in [-0.3, -0.25) is 9.69 Å². The summed E-state index contributed by atoms with van der Waals surface area (Å²) in [7, 11) is 1.96. The summed E-state index contributed by atoms with van der Waals surface area (Å²) in [5.41, 5.74) is 2.66. The number of likely N-dealkylation sites (tertiary alicyclic amines) is 1. The number of aryl methyl sites for hydroxylation is 2. The third kappa shape index (κ3) is 2.60. The van der Waals surface area contributed by atoms with E-state index in [0.29, 0.717) is 13.0 Å². The van der Waals surface area contributed by atoms with E-state index in [1.807, 2.05) is 41.6 Å². The van der Waals surface area contributed by atoms with E-state index in [1.54, 1.807) is 0 Å². The van der Waals surface area contributed by atoms with Crippen LogP contribution in [0.3, 0.4) is 0 Å². The van der Waals surface area contributed by atoms with Gasteiger partial charge in [-0.05, 0) is 44.0 Å². The number of imidazole rings is 1. The lowest BCUT2D eigenvalue weighted by atomic mass is 10.1. The minimum absolute atomic E-state index is 0.342. The molecule has 2 aromatic rings. The summed E-state index contributed by atoms with van der Waals surface area (Å²) in [6.07, 6.45) is 0.814. The zero-order valence-electron chi connectivity index (χ0n) is 12.9. The van der Waals surface area contributed by atoms with Gasteiger partial charge in [0.25, 0.3) is 0 Å². The van der Waals surface area contributed by atoms with Crippen LogP contribution in [-0.2, 0) is 11.8 Å². The van der Waals surface area contributed by atoms with Gasteiger partial charge >= 0.3 is 5.97 Å². The predicted octanol–water partition coefficient (Wildman–Crippen LogP) is 1.46. The summed E-state index contributed by atoms with van der Waals surface area (Å²) in [5, 5.41) is 19.7. The Kier molecular flexibility index (Phi) is 3.88. The zero-order valence-corrected chi connectivity index (χ0v) is 12.9. The Hall–Kier alpha value is -1.92. The molecule has 22 heavy (non-hydrogen) atoms. The van der Waals surface area contributed by atoms with Gasteiger partial charge in [0.05, 0.1) is 17.1 Å². The normalized spacial score (nSPS) is 20.6. The molecule has 0 saturated carbocycles. The van der Waals surface area contributed by atoms with Crippen molar-refractivity contribution in [2.45, 2.75) is 31.9 Å². The second-order valence-corrected chi connectivity index (χ2v) is 5.97. The number of hydrogen-bond donors (Lipinski definition) is 2. The van der Waals surface area contributed by atoms with Crippen LogP contribution in [0.15, 0.2) is 18.2 Å². The molecule has 0 aliphatic carbocycles. The van der Waals surface area contributed by atoms with Crippen molar-refractivity contribution >= 4 is 17.0 Å². The summed E-state index contributed by atoms with van der Waals surface area (Å²) in [4.78, 5) is 17.5. The number of aliphatic carboxylic acids is 1. The number of aliphatic hydroxyl groups is 1. The van der Waals surface area contributed by atoms with Crippen molar-refractivity contribution in [3.05, 3.63) is 29.6 Å². The first-order chi connectivity index (χ1) is 10.5. The lowest BCUT2D eigenvalue weighted by Gasteiger charge is -2.24. The Morgan fingerprint density at radius 1 is 1.50 bits per heavy atom. The van der Waals surface area contributed by atoms with Crippen molar-refractivity contribution < 1.29 is 15.0 Å². The van der Waals surface area contributed by atoms with Crippen LogP contribution in [0, 0.1) is 6.92 Å². The molecular weight excluding hydrogens is 282 g/mol. The number of benzene rings is 1. The number of aliphatic hydroxyl groups excluding tert-OH is 1. The van der Waals surface area contributed by atoms with E-state index < -0.39 is 18.1 Å². The summed E-state index contributed by atoms with van der Waals surface area (Å²) in [6.45, 7) is 3.01. The molecule has 1 aliphatic heterocycles. The maximum atomic E-state index is 11.2. The van der Waals surface area contributed by atoms with Crippen molar-refractivity contribution in [1.82, 2.24) is 14.5 Å². The van der Waals surface area contributed by atoms with Crippen molar-refractivity contribution in [3.63, 3.8) is 0 Å². The third-order valence-electron chi connectivity index (χ3n) is 4.57. The quantitative estimate of drug-likeness (QED) is 0.894. The number of carbonyl (C=O) groups is 1. The average molecular weight is 303 g/mol. The third-order valence-corrected chi connectivity index (χ3v) is 4.57. The molecule has 1 aliphatic rings. The Morgan fingerprint density at radius 3 is 3.00 bits per heavy atom. The highest BCUT2D eigenvalue weighted by molar-refractivity contribution is 5.77. The van der Waals surface area contributed by atoms with Crippen LogP contribution >= 0.6 is 0 Å². The molecule has 2 heterocycles. The molecule has 0 radical (unpaired) electrons. The van der Waals surface area contributed by atoms with Crippen LogP contribution in [0.25, 0.3) is 11.0 Å². The SMILES string of the molecule is Cc1nc2cc(C(O)CN3CCCC3C(=O)O)ccc2n1C. The number of rotatable bonds is 4. The molecule has 0 amide bonds. The van der Waals surface area contributed by atoms with E-state index in [2.05, 4.69) is 4.98 Å². The molecular formula is C16H21N3O3. The van der Waals surface area contributed by atoms with Gasteiger partial charge in [-0.1, -0.05) is 6.07 Å². The molecule has 2 N–H and O–H groups in total. The highest BCUT2D eigenvalue weighted by atomic mass is 16.4. The fraction of sp³-hybridized carbons (Fsp3) is 0.500. The second kappa shape index (κ2) is 5.70. The maximum absolute atomic E-state index is 11.2. The Morgan fingerprint density at radius 2 is 2.27 bits per heavy atom. The molecule has 118 valence electrons. The first kappa shape index (κ1) is 15.0. The van der Waals surface area contributed by atoms with Gasteiger partial charge in [0.15, 0.2) is 0 Å². The standard InChI is InChI=1S/C16H21N3O3/c1-10-17-12-8-11(5-6-13(12)18(10)2)15(20)9-19-7-3-4-14(19)16(21)22/h5-6,8,14-15,20H,3-4,7,9H2,1-2H3,(H,21,22). The van der Waals surface area contributed by atoms with E-state index >= 15 is 0 Å². The van der Waals surface area contributed by atoms with Crippen molar-refractivity contribution in [2.24, 2.45) is 7.05 Å². The fourth-order valence-corrected chi connectivity index (χ4v) is 3.20. The topological polar surface area (TPSA) is 78.6 Å². The molecule has 1 saturated heterocycles. The number of nitrogens with zero attached hydrogens (tertiary/aromatic N) is 3. The Bertz CT molecular complexity index is 710. The number of carboxylic acids is 1. The van der Waals surface area contributed by atoms with Crippen molar-refractivity contribution in [3.8, 4) is 0 Å². The molecule has 2 unspecified atom stereocenters. The smallest absolute Gasteiger partial charge is 0.320 e. The molecule has 6 nitrogen and oxygen atoms in total. The number of hydrogen-bond acceptors (Lipinski definition) is 4. The van der Waals surface area contributed by atoms with Crippen LogP contribution in [0.5, 0.6) is 0 Å². The number of carboxylic acid groups (broad SMARTS) is 1. The van der Waals surface area contributed by atoms with E-state index in [-0.39, 0.29) is 0 Å². The molecule has 1 aromatic heterocycles. The first-order valence-electron chi connectivity index (χ1n) is 7.55. The minimum atomic E-state index is -0.805. The molecule has 3 rings (SSSR count). The number of aromatic nitrogens is 2. The zero-order chi connectivity index (χ0) is 15.9. The molecule has 0 spiro atoms. The molecule has 6 heteroatoms. The average Bonchev–Trinajstić information content (AvgIpc) is 3.04. The fourth-order valence-electron chi connectivity index (χ4n) is 3.20. The van der Waals surface area contributed by atoms with Crippen LogP contribution < -0.4 is 0 Å². The highest BCUT2D eigenvalue weighted by Gasteiger charge is 2.31. The summed E-state index contributed by atoms with van der Waals surface area (Å²) in [6, 6.07) is 5.25. The molecule has 2 atom stereocenters.